The molecule has 1 aliphatic rings. The van der Waals surface area contributed by atoms with Gasteiger partial charge < -0.3 is 15.0 Å². The third kappa shape index (κ3) is 5.13. The SMILES string of the molecule is CCC1Oc2ccc(NC(=O)Cc3cccs3)cc2CN(Cc2cc(F)cc(F)c2)C1=O. The Labute approximate surface area is 188 Å². The average molecular weight is 457 g/mol. The van der Waals surface area contributed by atoms with Gasteiger partial charge >= 0.3 is 0 Å². The Kier molecular flexibility index (Phi) is 6.50. The molecule has 5 nitrogen and oxygen atoms in total. The molecule has 32 heavy (non-hydrogen) atoms. The maximum absolute atomic E-state index is 13.6. The van der Waals surface area contributed by atoms with Crippen LogP contribution in [0.2, 0.25) is 0 Å². The summed E-state index contributed by atoms with van der Waals surface area (Å²) >= 11 is 1.52. The number of carbonyl (C=O) groups is 2. The van der Waals surface area contributed by atoms with Crippen LogP contribution in [0.1, 0.15) is 29.3 Å². The number of benzene rings is 2. The average Bonchev–Trinajstić information content (AvgIpc) is 3.20. The van der Waals surface area contributed by atoms with Crippen molar-refractivity contribution in [3.8, 4) is 5.75 Å². The molecule has 3 aromatic rings. The van der Waals surface area contributed by atoms with Crippen LogP contribution in [0, 0.1) is 11.6 Å². The van der Waals surface area contributed by atoms with Crippen LogP contribution in [0.5, 0.6) is 5.75 Å². The molecule has 0 radical (unpaired) electrons. The minimum atomic E-state index is -0.700. The summed E-state index contributed by atoms with van der Waals surface area (Å²) in [5.41, 5.74) is 1.66. The van der Waals surface area contributed by atoms with E-state index in [9.17, 15) is 18.4 Å². The minimum absolute atomic E-state index is 0.0434. The van der Waals surface area contributed by atoms with E-state index in [-0.39, 0.29) is 31.3 Å². The number of hydrogen-bond acceptors (Lipinski definition) is 4. The van der Waals surface area contributed by atoms with Gasteiger partial charge in [0, 0.05) is 35.3 Å². The van der Waals surface area contributed by atoms with Gasteiger partial charge in [-0.1, -0.05) is 13.0 Å². The molecule has 166 valence electrons. The first-order chi connectivity index (χ1) is 15.4. The lowest BCUT2D eigenvalue weighted by Crippen LogP contribution is -2.38. The van der Waals surface area contributed by atoms with Gasteiger partial charge in [0.1, 0.15) is 17.4 Å². The Morgan fingerprint density at radius 1 is 1.19 bits per heavy atom. The van der Waals surface area contributed by atoms with Crippen molar-refractivity contribution in [2.24, 2.45) is 0 Å². The van der Waals surface area contributed by atoms with Gasteiger partial charge in [-0.3, -0.25) is 9.59 Å². The summed E-state index contributed by atoms with van der Waals surface area (Å²) in [6.45, 7) is 2.08. The molecule has 4 rings (SSSR count). The highest BCUT2D eigenvalue weighted by Gasteiger charge is 2.30. The second kappa shape index (κ2) is 9.48. The van der Waals surface area contributed by atoms with Crippen molar-refractivity contribution >= 4 is 28.8 Å². The Bertz CT molecular complexity index is 1110. The molecule has 0 spiro atoms. The normalized spacial score (nSPS) is 15.7. The Morgan fingerprint density at radius 2 is 1.97 bits per heavy atom. The molecule has 1 aliphatic heterocycles. The van der Waals surface area contributed by atoms with Crippen molar-refractivity contribution in [1.29, 1.82) is 0 Å². The predicted molar refractivity (Wildman–Crippen MR) is 118 cm³/mol. The van der Waals surface area contributed by atoms with Crippen LogP contribution < -0.4 is 10.1 Å². The zero-order valence-corrected chi connectivity index (χ0v) is 18.3. The van der Waals surface area contributed by atoms with Gasteiger partial charge in [-0.15, -0.1) is 11.3 Å². The quantitative estimate of drug-likeness (QED) is 0.574. The molecule has 0 saturated heterocycles. The van der Waals surface area contributed by atoms with E-state index in [0.29, 0.717) is 29.0 Å². The molecule has 0 aliphatic carbocycles. The van der Waals surface area contributed by atoms with E-state index in [1.807, 2.05) is 24.4 Å². The summed E-state index contributed by atoms with van der Waals surface area (Å²) in [6.07, 6.45) is 0.0266. The number of fused-ring (bicyclic) bond motifs is 1. The number of nitrogens with one attached hydrogen (secondary N) is 1. The standard InChI is InChI=1S/C24H22F2N2O3S/c1-2-21-24(30)28(13-15-8-17(25)11-18(26)9-15)14-16-10-19(5-6-22(16)31-21)27-23(29)12-20-4-3-7-32-20/h3-11,21H,2,12-14H2,1H3,(H,27,29). The van der Waals surface area contributed by atoms with E-state index >= 15 is 0 Å². The number of nitrogens with zero attached hydrogens (tertiary/aromatic N) is 1. The summed E-state index contributed by atoms with van der Waals surface area (Å²) in [4.78, 5) is 27.9. The maximum Gasteiger partial charge on any atom is 0.264 e. The van der Waals surface area contributed by atoms with Gasteiger partial charge in [-0.25, -0.2) is 8.78 Å². The molecule has 8 heteroatoms. The molecule has 1 N–H and O–H groups in total. The minimum Gasteiger partial charge on any atom is -0.480 e. The number of ether oxygens (including phenoxy) is 1. The number of thiophene rings is 1. The van der Waals surface area contributed by atoms with Gasteiger partial charge in [-0.2, -0.15) is 0 Å². The Morgan fingerprint density at radius 3 is 2.66 bits per heavy atom. The van der Waals surface area contributed by atoms with Gasteiger partial charge in [0.25, 0.3) is 5.91 Å². The van der Waals surface area contributed by atoms with Crippen molar-refractivity contribution in [3.63, 3.8) is 0 Å². The smallest absolute Gasteiger partial charge is 0.264 e. The van der Waals surface area contributed by atoms with E-state index in [4.69, 9.17) is 4.74 Å². The lowest BCUT2D eigenvalue weighted by molar-refractivity contribution is -0.139. The lowest BCUT2D eigenvalue weighted by Gasteiger charge is -2.23. The zero-order valence-electron chi connectivity index (χ0n) is 17.4. The number of halogens is 2. The maximum atomic E-state index is 13.6. The van der Waals surface area contributed by atoms with Gasteiger partial charge in [0.2, 0.25) is 5.91 Å². The van der Waals surface area contributed by atoms with Crippen molar-refractivity contribution in [2.75, 3.05) is 5.32 Å². The Balaban J connectivity index is 1.56. The number of amides is 2. The van der Waals surface area contributed by atoms with Crippen molar-refractivity contribution in [2.45, 2.75) is 39.0 Å². The van der Waals surface area contributed by atoms with Crippen LogP contribution in [-0.2, 0) is 29.1 Å². The van der Waals surface area contributed by atoms with Gasteiger partial charge in [0.05, 0.1) is 6.42 Å². The molecule has 1 atom stereocenters. The summed E-state index contributed by atoms with van der Waals surface area (Å²) in [7, 11) is 0. The van der Waals surface area contributed by atoms with E-state index in [0.717, 1.165) is 10.9 Å². The second-order valence-electron chi connectivity index (χ2n) is 7.61. The number of hydrogen-bond donors (Lipinski definition) is 1. The van der Waals surface area contributed by atoms with Crippen LogP contribution in [-0.4, -0.2) is 22.8 Å². The van der Waals surface area contributed by atoms with Crippen LogP contribution in [0.15, 0.2) is 53.9 Å². The van der Waals surface area contributed by atoms with Crippen LogP contribution >= 0.6 is 11.3 Å². The summed E-state index contributed by atoms with van der Waals surface area (Å²) in [6, 6.07) is 12.3. The molecule has 1 unspecified atom stereocenters. The first kappa shape index (κ1) is 22.0. The molecule has 2 amide bonds. The fraction of sp³-hybridized carbons (Fsp3) is 0.250. The van der Waals surface area contributed by atoms with E-state index in [2.05, 4.69) is 5.32 Å². The summed E-state index contributed by atoms with van der Waals surface area (Å²) < 4.78 is 33.2. The van der Waals surface area contributed by atoms with Crippen molar-refractivity contribution < 1.29 is 23.1 Å². The zero-order chi connectivity index (χ0) is 22.7. The van der Waals surface area contributed by atoms with Crippen molar-refractivity contribution in [1.82, 2.24) is 4.90 Å². The predicted octanol–water partition coefficient (Wildman–Crippen LogP) is 4.91. The molecule has 2 heterocycles. The first-order valence-electron chi connectivity index (χ1n) is 10.3. The van der Waals surface area contributed by atoms with Crippen LogP contribution in [0.3, 0.4) is 0 Å². The molecular weight excluding hydrogens is 434 g/mol. The highest BCUT2D eigenvalue weighted by atomic mass is 32.1. The second-order valence-corrected chi connectivity index (χ2v) is 8.65. The number of rotatable bonds is 6. The third-order valence-corrected chi connectivity index (χ3v) is 6.02. The topological polar surface area (TPSA) is 58.6 Å². The molecule has 2 aromatic carbocycles. The fourth-order valence-electron chi connectivity index (χ4n) is 3.68. The highest BCUT2D eigenvalue weighted by Crippen LogP contribution is 2.30. The molecule has 0 saturated carbocycles. The van der Waals surface area contributed by atoms with Gasteiger partial charge in [-0.05, 0) is 53.8 Å². The third-order valence-electron chi connectivity index (χ3n) is 5.14. The largest absolute Gasteiger partial charge is 0.480 e. The van der Waals surface area contributed by atoms with E-state index in [1.54, 1.807) is 18.2 Å². The van der Waals surface area contributed by atoms with E-state index < -0.39 is 17.7 Å². The number of carbonyl (C=O) groups excluding carboxylic acids is 2. The fourth-order valence-corrected chi connectivity index (χ4v) is 4.38. The van der Waals surface area contributed by atoms with Crippen LogP contribution in [0.25, 0.3) is 0 Å². The van der Waals surface area contributed by atoms with Crippen molar-refractivity contribution in [3.05, 3.63) is 81.5 Å². The molecular formula is C24H22F2N2O3S. The first-order valence-corrected chi connectivity index (χ1v) is 11.1. The lowest BCUT2D eigenvalue weighted by atomic mass is 10.1. The van der Waals surface area contributed by atoms with Gasteiger partial charge in [0.15, 0.2) is 6.10 Å². The summed E-state index contributed by atoms with van der Waals surface area (Å²) in [5, 5.41) is 4.80. The molecule has 0 bridgehead atoms. The molecule has 0 fully saturated rings. The van der Waals surface area contributed by atoms with Crippen LogP contribution in [0.4, 0.5) is 14.5 Å². The summed E-state index contributed by atoms with van der Waals surface area (Å²) in [5.74, 6) is -1.23. The highest BCUT2D eigenvalue weighted by molar-refractivity contribution is 7.10. The van der Waals surface area contributed by atoms with E-state index in [1.165, 1.54) is 28.4 Å². The Hall–Kier alpha value is -3.26. The molecule has 1 aromatic heterocycles. The monoisotopic (exact) mass is 456 g/mol. The number of anilines is 1.